The molecular formula is C10H15N3O2S. The second kappa shape index (κ2) is 4.78. The highest BCUT2D eigenvalue weighted by molar-refractivity contribution is 7.09. The summed E-state index contributed by atoms with van der Waals surface area (Å²) in [5, 5.41) is 9.83. The molecule has 1 fully saturated rings. The van der Waals surface area contributed by atoms with Gasteiger partial charge in [-0.25, -0.2) is 9.78 Å². The van der Waals surface area contributed by atoms with Crippen LogP contribution in [0.25, 0.3) is 0 Å². The lowest BCUT2D eigenvalue weighted by Gasteiger charge is -2.19. The van der Waals surface area contributed by atoms with E-state index in [2.05, 4.69) is 16.3 Å². The monoisotopic (exact) mass is 241 g/mol. The van der Waals surface area contributed by atoms with E-state index in [4.69, 9.17) is 5.11 Å². The van der Waals surface area contributed by atoms with Crippen LogP contribution in [-0.2, 0) is 11.2 Å². The van der Waals surface area contributed by atoms with Crippen LogP contribution < -0.4 is 4.90 Å². The normalized spacial score (nSPS) is 20.3. The van der Waals surface area contributed by atoms with Gasteiger partial charge in [-0.1, -0.05) is 6.92 Å². The van der Waals surface area contributed by atoms with Crippen LogP contribution in [0.3, 0.4) is 0 Å². The van der Waals surface area contributed by atoms with Crippen molar-refractivity contribution in [2.45, 2.75) is 38.6 Å². The van der Waals surface area contributed by atoms with E-state index in [1.54, 1.807) is 0 Å². The molecule has 0 aliphatic carbocycles. The number of nitrogens with zero attached hydrogens (tertiary/aromatic N) is 3. The molecule has 1 saturated heterocycles. The van der Waals surface area contributed by atoms with Crippen molar-refractivity contribution >= 4 is 22.6 Å². The number of carboxylic acid groups (broad SMARTS) is 1. The molecule has 0 bridgehead atoms. The number of carbonyl (C=O) groups is 1. The van der Waals surface area contributed by atoms with Gasteiger partial charge in [0.25, 0.3) is 0 Å². The van der Waals surface area contributed by atoms with Crippen molar-refractivity contribution in [3.63, 3.8) is 0 Å². The van der Waals surface area contributed by atoms with E-state index < -0.39 is 12.0 Å². The van der Waals surface area contributed by atoms with Crippen molar-refractivity contribution in [3.8, 4) is 0 Å². The second-order valence-electron chi connectivity index (χ2n) is 3.93. The first-order valence-electron chi connectivity index (χ1n) is 5.54. The largest absolute Gasteiger partial charge is 0.480 e. The lowest BCUT2D eigenvalue weighted by Crippen LogP contribution is -2.35. The van der Waals surface area contributed by atoms with Gasteiger partial charge in [0.05, 0.1) is 0 Å². The summed E-state index contributed by atoms with van der Waals surface area (Å²) in [6, 6.07) is -0.414. The van der Waals surface area contributed by atoms with Gasteiger partial charge in [0.15, 0.2) is 0 Å². The third-order valence-electron chi connectivity index (χ3n) is 2.71. The number of hydrogen-bond donors (Lipinski definition) is 1. The van der Waals surface area contributed by atoms with Gasteiger partial charge in [0, 0.05) is 24.5 Å². The number of aryl methyl sites for hydroxylation is 1. The fourth-order valence-corrected chi connectivity index (χ4v) is 2.73. The Hall–Kier alpha value is -1.17. The fourth-order valence-electron chi connectivity index (χ4n) is 1.94. The molecule has 0 unspecified atom stereocenters. The van der Waals surface area contributed by atoms with Gasteiger partial charge >= 0.3 is 5.97 Å². The molecule has 2 rings (SSSR count). The van der Waals surface area contributed by atoms with E-state index in [0.717, 1.165) is 36.8 Å². The Bertz CT molecular complexity index is 380. The highest BCUT2D eigenvalue weighted by Crippen LogP contribution is 2.27. The Balaban J connectivity index is 2.13. The van der Waals surface area contributed by atoms with Crippen LogP contribution >= 0.6 is 11.5 Å². The first kappa shape index (κ1) is 11.3. The summed E-state index contributed by atoms with van der Waals surface area (Å²) in [4.78, 5) is 17.3. The predicted molar refractivity (Wildman–Crippen MR) is 61.9 cm³/mol. The van der Waals surface area contributed by atoms with Crippen LogP contribution in [0.2, 0.25) is 0 Å². The summed E-state index contributed by atoms with van der Waals surface area (Å²) < 4.78 is 4.24. The van der Waals surface area contributed by atoms with Gasteiger partial charge in [-0.05, 0) is 19.3 Å². The van der Waals surface area contributed by atoms with Crippen molar-refractivity contribution < 1.29 is 9.90 Å². The average Bonchev–Trinajstić information content (AvgIpc) is 2.83. The molecule has 1 N–H and O–H groups in total. The molecule has 0 aromatic carbocycles. The molecule has 0 saturated carbocycles. The molecule has 0 radical (unpaired) electrons. The lowest BCUT2D eigenvalue weighted by atomic mass is 10.2. The minimum absolute atomic E-state index is 0.414. The molecule has 6 heteroatoms. The zero-order valence-corrected chi connectivity index (χ0v) is 10.0. The Morgan fingerprint density at radius 3 is 3.19 bits per heavy atom. The van der Waals surface area contributed by atoms with Crippen LogP contribution in [0.15, 0.2) is 0 Å². The number of hydrogen-bond acceptors (Lipinski definition) is 5. The molecule has 0 spiro atoms. The van der Waals surface area contributed by atoms with Gasteiger partial charge < -0.3 is 10.0 Å². The third-order valence-corrected chi connectivity index (χ3v) is 3.51. The summed E-state index contributed by atoms with van der Waals surface area (Å²) in [6.07, 6.45) is 3.50. The molecule has 88 valence electrons. The zero-order valence-electron chi connectivity index (χ0n) is 9.22. The van der Waals surface area contributed by atoms with Gasteiger partial charge in [-0.15, -0.1) is 0 Å². The molecular weight excluding hydrogens is 226 g/mol. The quantitative estimate of drug-likeness (QED) is 0.866. The fraction of sp³-hybridized carbons (Fsp3) is 0.700. The van der Waals surface area contributed by atoms with Crippen molar-refractivity contribution in [3.05, 3.63) is 5.82 Å². The first-order chi connectivity index (χ1) is 7.72. The Morgan fingerprint density at radius 1 is 1.69 bits per heavy atom. The minimum atomic E-state index is -0.759. The third kappa shape index (κ3) is 2.16. The minimum Gasteiger partial charge on any atom is -0.480 e. The average molecular weight is 241 g/mol. The van der Waals surface area contributed by atoms with Crippen LogP contribution in [0.1, 0.15) is 32.0 Å². The number of rotatable bonds is 4. The number of anilines is 1. The summed E-state index contributed by atoms with van der Waals surface area (Å²) in [6.45, 7) is 2.86. The lowest BCUT2D eigenvalue weighted by molar-refractivity contribution is -0.138. The van der Waals surface area contributed by atoms with Gasteiger partial charge in [-0.2, -0.15) is 4.37 Å². The Kier molecular flexibility index (Phi) is 3.38. The topological polar surface area (TPSA) is 66.3 Å². The van der Waals surface area contributed by atoms with E-state index in [-0.39, 0.29) is 0 Å². The Labute approximate surface area is 98.3 Å². The van der Waals surface area contributed by atoms with Crippen LogP contribution in [0, 0.1) is 0 Å². The predicted octanol–water partition coefficient (Wildman–Crippen LogP) is 1.54. The molecule has 1 aromatic heterocycles. The Morgan fingerprint density at radius 2 is 2.50 bits per heavy atom. The van der Waals surface area contributed by atoms with Crippen molar-refractivity contribution in [1.82, 2.24) is 9.36 Å². The highest BCUT2D eigenvalue weighted by atomic mass is 32.1. The van der Waals surface area contributed by atoms with Crippen molar-refractivity contribution in [1.29, 1.82) is 0 Å². The smallest absolute Gasteiger partial charge is 0.326 e. The van der Waals surface area contributed by atoms with Crippen LogP contribution in [0.4, 0.5) is 5.13 Å². The number of aliphatic carboxylic acids is 1. The van der Waals surface area contributed by atoms with Crippen molar-refractivity contribution in [2.24, 2.45) is 0 Å². The highest BCUT2D eigenvalue weighted by Gasteiger charge is 2.32. The second-order valence-corrected chi connectivity index (χ2v) is 4.66. The molecule has 1 aliphatic heterocycles. The summed E-state index contributed by atoms with van der Waals surface area (Å²) in [7, 11) is 0. The molecule has 1 aromatic rings. The summed E-state index contributed by atoms with van der Waals surface area (Å²) >= 11 is 1.31. The van der Waals surface area contributed by atoms with Crippen LogP contribution in [-0.4, -0.2) is 33.0 Å². The first-order valence-corrected chi connectivity index (χ1v) is 6.31. The van der Waals surface area contributed by atoms with Crippen molar-refractivity contribution in [2.75, 3.05) is 11.4 Å². The van der Waals surface area contributed by atoms with E-state index in [1.807, 2.05) is 4.90 Å². The maximum atomic E-state index is 11.0. The molecule has 0 amide bonds. The van der Waals surface area contributed by atoms with E-state index >= 15 is 0 Å². The molecule has 1 aliphatic rings. The van der Waals surface area contributed by atoms with E-state index in [1.165, 1.54) is 11.5 Å². The maximum Gasteiger partial charge on any atom is 0.326 e. The standard InChI is InChI=1S/C10H15N3O2S/c1-2-4-8-11-10(16-12-8)13-6-3-5-7(13)9(14)15/h7H,2-6H2,1H3,(H,14,15)/t7-/m1/s1. The van der Waals surface area contributed by atoms with Gasteiger partial charge in [-0.3, -0.25) is 0 Å². The molecule has 1 atom stereocenters. The summed E-state index contributed by atoms with van der Waals surface area (Å²) in [5.41, 5.74) is 0. The molecule has 2 heterocycles. The zero-order chi connectivity index (χ0) is 11.5. The number of aromatic nitrogens is 2. The molecule has 16 heavy (non-hydrogen) atoms. The molecule has 5 nitrogen and oxygen atoms in total. The van der Waals surface area contributed by atoms with Crippen LogP contribution in [0.5, 0.6) is 0 Å². The van der Waals surface area contributed by atoms with E-state index in [0.29, 0.717) is 6.42 Å². The summed E-state index contributed by atoms with van der Waals surface area (Å²) in [5.74, 6) is 0.0725. The number of carboxylic acids is 1. The SMILES string of the molecule is CCCc1nsc(N2CCC[C@@H]2C(=O)O)n1. The van der Waals surface area contributed by atoms with E-state index in [9.17, 15) is 4.79 Å². The maximum absolute atomic E-state index is 11.0. The van der Waals surface area contributed by atoms with Gasteiger partial charge in [0.1, 0.15) is 11.9 Å². The van der Waals surface area contributed by atoms with Gasteiger partial charge in [0.2, 0.25) is 5.13 Å².